The average molecular weight is 262 g/mol. The van der Waals surface area contributed by atoms with Gasteiger partial charge in [0.25, 0.3) is 0 Å². The Hall–Kier alpha value is -1.06. The van der Waals surface area contributed by atoms with E-state index >= 15 is 0 Å². The van der Waals surface area contributed by atoms with Crippen molar-refractivity contribution in [2.75, 3.05) is 13.7 Å². The smallest absolute Gasteiger partial charge is 0.119 e. The summed E-state index contributed by atoms with van der Waals surface area (Å²) in [6.07, 6.45) is 3.82. The maximum absolute atomic E-state index is 6.38. The summed E-state index contributed by atoms with van der Waals surface area (Å²) in [5, 5.41) is 0. The number of nitrogens with two attached hydrogens (primary N) is 1. The minimum atomic E-state index is 0.0599. The Balaban J connectivity index is 2.05. The Morgan fingerprint density at radius 1 is 1.42 bits per heavy atom. The first kappa shape index (κ1) is 14.4. The van der Waals surface area contributed by atoms with Crippen LogP contribution in [-0.4, -0.2) is 30.6 Å². The highest BCUT2D eigenvalue weighted by Crippen LogP contribution is 2.28. The number of rotatable bonds is 5. The molecule has 106 valence electrons. The lowest BCUT2D eigenvalue weighted by molar-refractivity contribution is 0.186. The van der Waals surface area contributed by atoms with Crippen molar-refractivity contribution in [3.63, 3.8) is 0 Å². The highest BCUT2D eigenvalue weighted by atomic mass is 16.5. The van der Waals surface area contributed by atoms with Crippen LogP contribution in [0, 0.1) is 0 Å². The second kappa shape index (κ2) is 6.40. The number of likely N-dealkylation sites (tertiary alicyclic amines) is 1. The summed E-state index contributed by atoms with van der Waals surface area (Å²) in [5.74, 6) is 0.884. The van der Waals surface area contributed by atoms with Crippen molar-refractivity contribution >= 4 is 0 Å². The molecule has 1 heterocycles. The van der Waals surface area contributed by atoms with Gasteiger partial charge in [-0.05, 0) is 43.9 Å². The van der Waals surface area contributed by atoms with E-state index in [4.69, 9.17) is 10.5 Å². The summed E-state index contributed by atoms with van der Waals surface area (Å²) in [6.45, 7) is 5.52. The van der Waals surface area contributed by atoms with Crippen molar-refractivity contribution < 1.29 is 4.74 Å². The van der Waals surface area contributed by atoms with Crippen LogP contribution in [0.2, 0.25) is 0 Å². The molecular weight excluding hydrogens is 236 g/mol. The Morgan fingerprint density at radius 3 is 2.89 bits per heavy atom. The monoisotopic (exact) mass is 262 g/mol. The number of methoxy groups -OCH3 is 1. The summed E-state index contributed by atoms with van der Waals surface area (Å²) in [5.41, 5.74) is 7.54. The van der Waals surface area contributed by atoms with Crippen LogP contribution in [0.1, 0.15) is 44.7 Å². The quantitative estimate of drug-likeness (QED) is 0.886. The molecule has 19 heavy (non-hydrogen) atoms. The van der Waals surface area contributed by atoms with Crippen molar-refractivity contribution in [3.8, 4) is 5.75 Å². The molecule has 1 aliphatic heterocycles. The fourth-order valence-electron chi connectivity index (χ4n) is 3.10. The number of ether oxygens (including phenoxy) is 1. The number of nitrogens with zero attached hydrogens (tertiary/aromatic N) is 1. The maximum Gasteiger partial charge on any atom is 0.119 e. The lowest BCUT2D eigenvalue weighted by Gasteiger charge is -2.30. The zero-order valence-corrected chi connectivity index (χ0v) is 12.3. The predicted octanol–water partition coefficient (Wildman–Crippen LogP) is 2.96. The third kappa shape index (κ3) is 3.28. The molecule has 0 spiro atoms. The lowest BCUT2D eigenvalue weighted by atomic mass is 10.1. The summed E-state index contributed by atoms with van der Waals surface area (Å²) in [7, 11) is 1.69. The van der Waals surface area contributed by atoms with E-state index in [0.717, 1.165) is 17.9 Å². The van der Waals surface area contributed by atoms with Gasteiger partial charge in [-0.3, -0.25) is 4.90 Å². The van der Waals surface area contributed by atoms with Crippen LogP contribution in [0.3, 0.4) is 0 Å². The number of hydrogen-bond acceptors (Lipinski definition) is 3. The van der Waals surface area contributed by atoms with E-state index in [1.54, 1.807) is 7.11 Å². The van der Waals surface area contributed by atoms with Gasteiger partial charge < -0.3 is 10.5 Å². The van der Waals surface area contributed by atoms with Crippen LogP contribution >= 0.6 is 0 Å². The molecule has 1 aromatic carbocycles. The van der Waals surface area contributed by atoms with E-state index in [0.29, 0.717) is 12.1 Å². The third-order valence-corrected chi connectivity index (χ3v) is 4.35. The normalized spacial score (nSPS) is 25.5. The second-order valence-electron chi connectivity index (χ2n) is 5.57. The Kier molecular flexibility index (Phi) is 4.83. The SMILES string of the molecule is CCC1CCC(C)N1CC(N)c1cccc(OC)c1. The molecule has 0 saturated carbocycles. The van der Waals surface area contributed by atoms with Crippen molar-refractivity contribution in [2.45, 2.75) is 51.2 Å². The minimum absolute atomic E-state index is 0.0599. The minimum Gasteiger partial charge on any atom is -0.497 e. The molecule has 2 rings (SSSR count). The summed E-state index contributed by atoms with van der Waals surface area (Å²) < 4.78 is 5.27. The van der Waals surface area contributed by atoms with E-state index in [1.807, 2.05) is 18.2 Å². The van der Waals surface area contributed by atoms with Crippen LogP contribution in [0.25, 0.3) is 0 Å². The van der Waals surface area contributed by atoms with Gasteiger partial charge in [0.05, 0.1) is 7.11 Å². The van der Waals surface area contributed by atoms with Gasteiger partial charge >= 0.3 is 0 Å². The van der Waals surface area contributed by atoms with Gasteiger partial charge in [-0.25, -0.2) is 0 Å². The van der Waals surface area contributed by atoms with Crippen LogP contribution in [0.4, 0.5) is 0 Å². The van der Waals surface area contributed by atoms with Crippen molar-refractivity contribution in [1.82, 2.24) is 4.90 Å². The highest BCUT2D eigenvalue weighted by Gasteiger charge is 2.30. The largest absolute Gasteiger partial charge is 0.497 e. The van der Waals surface area contributed by atoms with Crippen LogP contribution in [0.5, 0.6) is 5.75 Å². The van der Waals surface area contributed by atoms with Gasteiger partial charge in [-0.15, -0.1) is 0 Å². The first-order valence-electron chi connectivity index (χ1n) is 7.31. The molecule has 0 aliphatic carbocycles. The summed E-state index contributed by atoms with van der Waals surface area (Å²) >= 11 is 0. The Morgan fingerprint density at radius 2 is 2.21 bits per heavy atom. The molecule has 0 amide bonds. The zero-order valence-electron chi connectivity index (χ0n) is 12.3. The molecule has 3 unspecified atom stereocenters. The molecule has 0 radical (unpaired) electrons. The van der Waals surface area contributed by atoms with Gasteiger partial charge in [-0.1, -0.05) is 19.1 Å². The molecular formula is C16H26N2O. The van der Waals surface area contributed by atoms with Crippen molar-refractivity contribution in [1.29, 1.82) is 0 Å². The van der Waals surface area contributed by atoms with Crippen LogP contribution in [0.15, 0.2) is 24.3 Å². The predicted molar refractivity (Wildman–Crippen MR) is 79.4 cm³/mol. The molecule has 3 heteroatoms. The Bertz CT molecular complexity index is 407. The van der Waals surface area contributed by atoms with Crippen LogP contribution in [-0.2, 0) is 0 Å². The first-order chi connectivity index (χ1) is 9.15. The van der Waals surface area contributed by atoms with E-state index in [9.17, 15) is 0 Å². The molecule has 3 nitrogen and oxygen atoms in total. The van der Waals surface area contributed by atoms with E-state index in [-0.39, 0.29) is 6.04 Å². The fraction of sp³-hybridized carbons (Fsp3) is 0.625. The third-order valence-electron chi connectivity index (χ3n) is 4.35. The molecule has 3 atom stereocenters. The Labute approximate surface area is 116 Å². The number of benzene rings is 1. The van der Waals surface area contributed by atoms with Crippen molar-refractivity contribution in [2.24, 2.45) is 5.73 Å². The summed E-state index contributed by atoms with van der Waals surface area (Å²) in [4.78, 5) is 2.57. The van der Waals surface area contributed by atoms with Crippen LogP contribution < -0.4 is 10.5 Å². The van der Waals surface area contributed by atoms with E-state index < -0.39 is 0 Å². The highest BCUT2D eigenvalue weighted by molar-refractivity contribution is 5.30. The number of hydrogen-bond donors (Lipinski definition) is 1. The molecule has 1 saturated heterocycles. The van der Waals surface area contributed by atoms with Gasteiger partial charge in [0, 0.05) is 24.7 Å². The van der Waals surface area contributed by atoms with E-state index in [1.165, 1.54) is 19.3 Å². The van der Waals surface area contributed by atoms with Gasteiger partial charge in [0.15, 0.2) is 0 Å². The zero-order chi connectivity index (χ0) is 13.8. The maximum atomic E-state index is 6.38. The van der Waals surface area contributed by atoms with Crippen molar-refractivity contribution in [3.05, 3.63) is 29.8 Å². The molecule has 1 aromatic rings. The standard InChI is InChI=1S/C16H26N2O/c1-4-14-9-8-12(2)18(14)11-16(17)13-6-5-7-15(10-13)19-3/h5-7,10,12,14,16H,4,8-9,11,17H2,1-3H3. The molecule has 0 bridgehead atoms. The van der Waals surface area contributed by atoms with E-state index in [2.05, 4.69) is 24.8 Å². The average Bonchev–Trinajstić information content (AvgIpc) is 2.79. The van der Waals surface area contributed by atoms with Gasteiger partial charge in [0.1, 0.15) is 5.75 Å². The molecule has 1 fully saturated rings. The molecule has 2 N–H and O–H groups in total. The topological polar surface area (TPSA) is 38.5 Å². The lowest BCUT2D eigenvalue weighted by Crippen LogP contribution is -2.39. The molecule has 0 aromatic heterocycles. The summed E-state index contributed by atoms with van der Waals surface area (Å²) in [6, 6.07) is 9.53. The first-order valence-corrected chi connectivity index (χ1v) is 7.31. The second-order valence-corrected chi connectivity index (χ2v) is 5.57. The molecule has 1 aliphatic rings. The van der Waals surface area contributed by atoms with Gasteiger partial charge in [0.2, 0.25) is 0 Å². The fourth-order valence-corrected chi connectivity index (χ4v) is 3.10. The van der Waals surface area contributed by atoms with Gasteiger partial charge in [-0.2, -0.15) is 0 Å².